The van der Waals surface area contributed by atoms with E-state index in [0.717, 1.165) is 12.0 Å². The lowest BCUT2D eigenvalue weighted by atomic mass is 9.89. The van der Waals surface area contributed by atoms with Gasteiger partial charge in [-0.15, -0.1) is 0 Å². The van der Waals surface area contributed by atoms with E-state index in [4.69, 9.17) is 0 Å². The first-order valence-corrected chi connectivity index (χ1v) is 9.24. The Morgan fingerprint density at radius 3 is 2.24 bits per heavy atom. The highest BCUT2D eigenvalue weighted by Crippen LogP contribution is 2.24. The van der Waals surface area contributed by atoms with Crippen LogP contribution in [-0.4, -0.2) is 42.9 Å². The molecule has 2 amide bonds. The van der Waals surface area contributed by atoms with Gasteiger partial charge in [-0.2, -0.15) is 0 Å². The number of hydrogen-bond acceptors (Lipinski definition) is 3. The molecule has 2 rings (SSSR count). The minimum Gasteiger partial charge on any atom is -0.353 e. The number of fused-ring (bicyclic) bond motifs is 1. The molecule has 1 atom stereocenters. The van der Waals surface area contributed by atoms with Gasteiger partial charge in [0.1, 0.15) is 0 Å². The first kappa shape index (κ1) is 19.4. The molecule has 0 radical (unpaired) electrons. The Balaban J connectivity index is 1.84. The summed E-state index contributed by atoms with van der Waals surface area (Å²) in [5.74, 6) is -0.127. The van der Waals surface area contributed by atoms with Crippen LogP contribution >= 0.6 is 0 Å². The molecule has 0 unspecified atom stereocenters. The van der Waals surface area contributed by atoms with Gasteiger partial charge in [-0.05, 0) is 70.2 Å². The Morgan fingerprint density at radius 1 is 1.00 bits per heavy atom. The Hall–Kier alpha value is -1.88. The highest BCUT2D eigenvalue weighted by Gasteiger charge is 2.16. The summed E-state index contributed by atoms with van der Waals surface area (Å²) in [6.07, 6.45) is 4.83. The SMILES string of the molecule is CC(C)NC(=O)CN(C)CC(=O)N[C@H](C)c1ccc2c(c1)CCCC2. The van der Waals surface area contributed by atoms with Crippen molar-refractivity contribution >= 4 is 11.8 Å². The fourth-order valence-electron chi connectivity index (χ4n) is 3.31. The van der Waals surface area contributed by atoms with Gasteiger partial charge in [-0.3, -0.25) is 14.5 Å². The maximum Gasteiger partial charge on any atom is 0.234 e. The summed E-state index contributed by atoms with van der Waals surface area (Å²) in [6.45, 7) is 6.28. The average Bonchev–Trinajstić information content (AvgIpc) is 2.52. The Kier molecular flexibility index (Phi) is 7.00. The van der Waals surface area contributed by atoms with Crippen LogP contribution in [0.4, 0.5) is 0 Å². The van der Waals surface area contributed by atoms with E-state index < -0.39 is 0 Å². The standard InChI is InChI=1S/C20H31N3O2/c1-14(2)21-19(24)12-23(4)13-20(25)22-15(3)17-10-9-16-7-5-6-8-18(16)11-17/h9-11,14-15H,5-8,12-13H2,1-4H3,(H,21,24)(H,22,25)/t15-/m1/s1. The fourth-order valence-corrected chi connectivity index (χ4v) is 3.31. The van der Waals surface area contributed by atoms with Crippen molar-refractivity contribution < 1.29 is 9.59 Å². The summed E-state index contributed by atoms with van der Waals surface area (Å²) >= 11 is 0. The molecule has 1 aromatic carbocycles. The van der Waals surface area contributed by atoms with Crippen molar-refractivity contribution in [2.75, 3.05) is 20.1 Å². The first-order valence-electron chi connectivity index (χ1n) is 9.24. The minimum absolute atomic E-state index is 0.0300. The topological polar surface area (TPSA) is 61.4 Å². The summed E-state index contributed by atoms with van der Waals surface area (Å²) in [6, 6.07) is 6.64. The van der Waals surface area contributed by atoms with Crippen LogP contribution in [0.5, 0.6) is 0 Å². The van der Waals surface area contributed by atoms with Crippen LogP contribution in [0.15, 0.2) is 18.2 Å². The van der Waals surface area contributed by atoms with Gasteiger partial charge in [0.25, 0.3) is 0 Å². The van der Waals surface area contributed by atoms with E-state index in [1.165, 1.54) is 30.4 Å². The Bertz CT molecular complexity index is 613. The zero-order valence-electron chi connectivity index (χ0n) is 15.9. The van der Waals surface area contributed by atoms with E-state index in [-0.39, 0.29) is 37.0 Å². The van der Waals surface area contributed by atoms with Crippen molar-refractivity contribution in [3.63, 3.8) is 0 Å². The average molecular weight is 345 g/mol. The normalized spacial score (nSPS) is 15.0. The van der Waals surface area contributed by atoms with E-state index in [9.17, 15) is 9.59 Å². The predicted molar refractivity (Wildman–Crippen MR) is 100 cm³/mol. The van der Waals surface area contributed by atoms with Gasteiger partial charge < -0.3 is 10.6 Å². The number of nitrogens with one attached hydrogen (secondary N) is 2. The Morgan fingerprint density at radius 2 is 1.60 bits per heavy atom. The molecule has 1 aliphatic carbocycles. The van der Waals surface area contributed by atoms with Gasteiger partial charge in [0.2, 0.25) is 11.8 Å². The van der Waals surface area contributed by atoms with Gasteiger partial charge in [-0.25, -0.2) is 0 Å². The molecule has 1 aromatic rings. The number of aryl methyl sites for hydroxylation is 2. The van der Waals surface area contributed by atoms with Gasteiger partial charge in [0.15, 0.2) is 0 Å². The number of nitrogens with zero attached hydrogens (tertiary/aromatic N) is 1. The smallest absolute Gasteiger partial charge is 0.234 e. The van der Waals surface area contributed by atoms with Crippen molar-refractivity contribution in [3.8, 4) is 0 Å². The van der Waals surface area contributed by atoms with Crippen molar-refractivity contribution in [2.45, 2.75) is 58.5 Å². The monoisotopic (exact) mass is 345 g/mol. The minimum atomic E-state index is -0.0648. The molecule has 0 aromatic heterocycles. The molecule has 2 N–H and O–H groups in total. The molecule has 0 spiro atoms. The van der Waals surface area contributed by atoms with Crippen LogP contribution in [0.3, 0.4) is 0 Å². The number of amides is 2. The molecule has 5 nitrogen and oxygen atoms in total. The molecule has 0 saturated heterocycles. The van der Waals surface area contributed by atoms with Crippen LogP contribution in [0.2, 0.25) is 0 Å². The van der Waals surface area contributed by atoms with Crippen molar-refractivity contribution in [1.29, 1.82) is 0 Å². The number of carbonyl (C=O) groups excluding carboxylic acids is 2. The van der Waals surface area contributed by atoms with Gasteiger partial charge in [-0.1, -0.05) is 18.2 Å². The second-order valence-electron chi connectivity index (χ2n) is 7.42. The maximum absolute atomic E-state index is 12.2. The van der Waals surface area contributed by atoms with Gasteiger partial charge in [0, 0.05) is 6.04 Å². The van der Waals surface area contributed by atoms with E-state index in [1.807, 2.05) is 20.8 Å². The summed E-state index contributed by atoms with van der Waals surface area (Å²) < 4.78 is 0. The highest BCUT2D eigenvalue weighted by atomic mass is 16.2. The van der Waals surface area contributed by atoms with Crippen molar-refractivity contribution in [3.05, 3.63) is 34.9 Å². The molecule has 25 heavy (non-hydrogen) atoms. The van der Waals surface area contributed by atoms with Gasteiger partial charge >= 0.3 is 0 Å². The van der Waals surface area contributed by atoms with Crippen LogP contribution in [0, 0.1) is 0 Å². The summed E-state index contributed by atoms with van der Waals surface area (Å²) in [4.78, 5) is 25.7. The summed E-state index contributed by atoms with van der Waals surface area (Å²) in [5.41, 5.74) is 4.02. The molecule has 5 heteroatoms. The molecular weight excluding hydrogens is 314 g/mol. The lowest BCUT2D eigenvalue weighted by Gasteiger charge is -2.21. The number of likely N-dealkylation sites (N-methyl/N-ethyl adjacent to an activating group) is 1. The number of benzene rings is 1. The summed E-state index contributed by atoms with van der Waals surface area (Å²) in [7, 11) is 1.78. The molecular formula is C20H31N3O2. The maximum atomic E-state index is 12.2. The molecule has 0 heterocycles. The fraction of sp³-hybridized carbons (Fsp3) is 0.600. The van der Waals surface area contributed by atoms with E-state index >= 15 is 0 Å². The lowest BCUT2D eigenvalue weighted by Crippen LogP contribution is -2.42. The molecule has 0 bridgehead atoms. The van der Waals surface area contributed by atoms with E-state index in [2.05, 4.69) is 28.8 Å². The third-order valence-corrected chi connectivity index (χ3v) is 4.53. The zero-order chi connectivity index (χ0) is 18.4. The van der Waals surface area contributed by atoms with Crippen molar-refractivity contribution in [1.82, 2.24) is 15.5 Å². The van der Waals surface area contributed by atoms with Crippen LogP contribution in [-0.2, 0) is 22.4 Å². The third-order valence-electron chi connectivity index (χ3n) is 4.53. The number of hydrogen-bond donors (Lipinski definition) is 2. The van der Waals surface area contributed by atoms with Crippen molar-refractivity contribution in [2.24, 2.45) is 0 Å². The molecule has 138 valence electrons. The molecule has 0 aliphatic heterocycles. The largest absolute Gasteiger partial charge is 0.353 e. The van der Waals surface area contributed by atoms with Crippen LogP contribution in [0.25, 0.3) is 0 Å². The van der Waals surface area contributed by atoms with E-state index in [0.29, 0.717) is 0 Å². The predicted octanol–water partition coefficient (Wildman–Crippen LogP) is 2.20. The molecule has 0 fully saturated rings. The number of carbonyl (C=O) groups is 2. The quantitative estimate of drug-likeness (QED) is 0.796. The zero-order valence-corrected chi connectivity index (χ0v) is 15.9. The number of rotatable bonds is 7. The molecule has 1 aliphatic rings. The van der Waals surface area contributed by atoms with Crippen LogP contribution in [0.1, 0.15) is 56.3 Å². The second-order valence-corrected chi connectivity index (χ2v) is 7.42. The second kappa shape index (κ2) is 8.99. The summed E-state index contributed by atoms with van der Waals surface area (Å²) in [5, 5.41) is 5.87. The third kappa shape index (κ3) is 6.16. The first-order chi connectivity index (χ1) is 11.8. The van der Waals surface area contributed by atoms with Gasteiger partial charge in [0.05, 0.1) is 19.1 Å². The molecule has 0 saturated carbocycles. The Labute approximate surface area is 151 Å². The highest BCUT2D eigenvalue weighted by molar-refractivity contribution is 5.81. The van der Waals surface area contributed by atoms with E-state index in [1.54, 1.807) is 11.9 Å². The lowest BCUT2D eigenvalue weighted by molar-refractivity contribution is -0.125. The van der Waals surface area contributed by atoms with Crippen LogP contribution < -0.4 is 10.6 Å².